The van der Waals surface area contributed by atoms with Crippen molar-refractivity contribution in [1.29, 1.82) is 0 Å². The summed E-state index contributed by atoms with van der Waals surface area (Å²) in [5.74, 6) is -1.48. The molecule has 0 aliphatic carbocycles. The zero-order valence-corrected chi connectivity index (χ0v) is 12.1. The van der Waals surface area contributed by atoms with E-state index >= 15 is 0 Å². The summed E-state index contributed by atoms with van der Waals surface area (Å²) >= 11 is 0. The number of nitrogens with zero attached hydrogens (tertiary/aromatic N) is 1. The predicted octanol–water partition coefficient (Wildman–Crippen LogP) is 2.00. The van der Waals surface area contributed by atoms with Crippen LogP contribution in [-0.4, -0.2) is 36.4 Å². The molecule has 0 saturated carbocycles. The molecule has 1 amide bonds. The molecule has 2 N–H and O–H groups in total. The lowest BCUT2D eigenvalue weighted by atomic mass is 10.2. The van der Waals surface area contributed by atoms with E-state index in [1.807, 2.05) is 0 Å². The van der Waals surface area contributed by atoms with Gasteiger partial charge < -0.3 is 19.9 Å². The monoisotopic (exact) mass is 288 g/mol. The number of nitroso groups, excluding NO2 is 1. The van der Waals surface area contributed by atoms with Crippen LogP contribution in [0.5, 0.6) is 0 Å². The molecule has 20 heavy (non-hydrogen) atoms. The number of allylic oxidation sites excluding steroid dienone is 1. The van der Waals surface area contributed by atoms with Gasteiger partial charge in [-0.1, -0.05) is 0 Å². The number of amides is 1. The summed E-state index contributed by atoms with van der Waals surface area (Å²) in [4.78, 5) is 32.7. The van der Waals surface area contributed by atoms with Crippen molar-refractivity contribution in [2.75, 3.05) is 13.7 Å². The Labute approximate surface area is 117 Å². The van der Waals surface area contributed by atoms with E-state index in [0.717, 1.165) is 7.11 Å². The van der Waals surface area contributed by atoms with Crippen molar-refractivity contribution in [2.45, 2.75) is 39.2 Å². The highest BCUT2D eigenvalue weighted by atomic mass is 16.6. The Bertz CT molecular complexity index is 397. The molecule has 0 rings (SSSR count). The average Bonchev–Trinajstić information content (AvgIpc) is 2.33. The topological polar surface area (TPSA) is 114 Å². The first kappa shape index (κ1) is 17.9. The van der Waals surface area contributed by atoms with E-state index in [9.17, 15) is 19.6 Å². The summed E-state index contributed by atoms with van der Waals surface area (Å²) in [6, 6.07) is 0. The number of alkyl carbamates (subject to hydrolysis) is 1. The second-order valence-electron chi connectivity index (χ2n) is 4.91. The number of methoxy groups -OCH3 is 1. The van der Waals surface area contributed by atoms with Crippen LogP contribution in [0.3, 0.4) is 0 Å². The van der Waals surface area contributed by atoms with E-state index in [0.29, 0.717) is 6.42 Å². The highest BCUT2D eigenvalue weighted by Crippen LogP contribution is 2.11. The second-order valence-corrected chi connectivity index (χ2v) is 4.91. The van der Waals surface area contributed by atoms with Crippen LogP contribution in [0.4, 0.5) is 4.79 Å². The molecule has 0 aromatic heterocycles. The molecule has 0 spiro atoms. The molecule has 0 fully saturated rings. The lowest BCUT2D eigenvalue weighted by Gasteiger charge is -2.19. The SMILES string of the molecule is COC(=O)/C(N=O)=C(\O)CCCNC(=O)OC(C)(C)C. The molecule has 0 aromatic rings. The smallest absolute Gasteiger partial charge is 0.407 e. The van der Waals surface area contributed by atoms with Crippen LogP contribution in [0.25, 0.3) is 0 Å². The Morgan fingerprint density at radius 3 is 2.35 bits per heavy atom. The minimum atomic E-state index is -1.00. The minimum Gasteiger partial charge on any atom is -0.510 e. The maximum Gasteiger partial charge on any atom is 0.407 e. The summed E-state index contributed by atoms with van der Waals surface area (Å²) in [7, 11) is 1.07. The number of esters is 1. The molecule has 8 heteroatoms. The summed E-state index contributed by atoms with van der Waals surface area (Å²) in [5, 5.41) is 14.4. The van der Waals surface area contributed by atoms with E-state index < -0.39 is 29.1 Å². The fraction of sp³-hybridized carbons (Fsp3) is 0.667. The number of nitrogens with one attached hydrogen (secondary N) is 1. The maximum absolute atomic E-state index is 11.3. The van der Waals surface area contributed by atoms with Gasteiger partial charge in [-0.15, -0.1) is 4.91 Å². The van der Waals surface area contributed by atoms with Gasteiger partial charge in [-0.25, -0.2) is 9.59 Å². The van der Waals surface area contributed by atoms with Gasteiger partial charge in [-0.05, 0) is 32.4 Å². The van der Waals surface area contributed by atoms with Crippen LogP contribution in [-0.2, 0) is 14.3 Å². The third kappa shape index (κ3) is 7.34. The Morgan fingerprint density at radius 1 is 1.30 bits per heavy atom. The van der Waals surface area contributed by atoms with E-state index in [2.05, 4.69) is 15.2 Å². The number of ether oxygens (including phenoxy) is 2. The van der Waals surface area contributed by atoms with Gasteiger partial charge in [0.1, 0.15) is 11.4 Å². The van der Waals surface area contributed by atoms with Gasteiger partial charge in [0.25, 0.3) is 0 Å². The minimum absolute atomic E-state index is 0.00592. The van der Waals surface area contributed by atoms with Crippen molar-refractivity contribution in [2.24, 2.45) is 5.18 Å². The van der Waals surface area contributed by atoms with Crippen molar-refractivity contribution >= 4 is 12.1 Å². The Kier molecular flexibility index (Phi) is 7.27. The highest BCUT2D eigenvalue weighted by Gasteiger charge is 2.17. The molecule has 0 aliphatic heterocycles. The predicted molar refractivity (Wildman–Crippen MR) is 70.9 cm³/mol. The highest BCUT2D eigenvalue weighted by molar-refractivity contribution is 5.88. The van der Waals surface area contributed by atoms with Crippen LogP contribution in [0.2, 0.25) is 0 Å². The molecule has 114 valence electrons. The van der Waals surface area contributed by atoms with Crippen LogP contribution in [0.1, 0.15) is 33.6 Å². The number of hydrogen-bond acceptors (Lipinski definition) is 7. The van der Waals surface area contributed by atoms with Gasteiger partial charge in [0.15, 0.2) is 0 Å². The van der Waals surface area contributed by atoms with Crippen LogP contribution < -0.4 is 5.32 Å². The first-order valence-corrected chi connectivity index (χ1v) is 6.02. The molecule has 0 bridgehead atoms. The first-order valence-electron chi connectivity index (χ1n) is 6.02. The fourth-order valence-electron chi connectivity index (χ4n) is 1.18. The Balaban J connectivity index is 4.18. The molecule has 0 saturated heterocycles. The van der Waals surface area contributed by atoms with Crippen molar-refractivity contribution in [3.63, 3.8) is 0 Å². The van der Waals surface area contributed by atoms with Crippen LogP contribution in [0, 0.1) is 4.91 Å². The lowest BCUT2D eigenvalue weighted by molar-refractivity contribution is -0.136. The zero-order chi connectivity index (χ0) is 15.8. The number of aliphatic hydroxyl groups excluding tert-OH is 1. The molecule has 0 aliphatic rings. The molecule has 0 atom stereocenters. The average molecular weight is 288 g/mol. The second kappa shape index (κ2) is 8.13. The van der Waals surface area contributed by atoms with Gasteiger partial charge in [0.2, 0.25) is 5.70 Å². The van der Waals surface area contributed by atoms with Gasteiger partial charge in [-0.2, -0.15) is 0 Å². The molecular formula is C12H20N2O6. The van der Waals surface area contributed by atoms with E-state index in [1.165, 1.54) is 0 Å². The zero-order valence-electron chi connectivity index (χ0n) is 12.1. The molecule has 8 nitrogen and oxygen atoms in total. The Hall–Kier alpha value is -2.12. The largest absolute Gasteiger partial charge is 0.510 e. The standard InChI is InChI=1S/C12H20N2O6/c1-12(2,3)20-11(17)13-7-5-6-8(15)9(14-18)10(16)19-4/h15H,5-7H2,1-4H3,(H,13,17)/b9-8+. The first-order chi connectivity index (χ1) is 9.21. The number of hydrogen-bond donors (Lipinski definition) is 2. The van der Waals surface area contributed by atoms with E-state index in [-0.39, 0.29) is 13.0 Å². The van der Waals surface area contributed by atoms with E-state index in [1.54, 1.807) is 20.8 Å². The summed E-state index contributed by atoms with van der Waals surface area (Å²) < 4.78 is 9.29. The fourth-order valence-corrected chi connectivity index (χ4v) is 1.18. The lowest BCUT2D eigenvalue weighted by Crippen LogP contribution is -2.33. The quantitative estimate of drug-likeness (QED) is 0.254. The number of rotatable bonds is 6. The Morgan fingerprint density at radius 2 is 1.90 bits per heavy atom. The summed E-state index contributed by atoms with van der Waals surface area (Å²) in [5.41, 5.74) is -1.25. The van der Waals surface area contributed by atoms with Crippen molar-refractivity contribution in [3.8, 4) is 0 Å². The maximum atomic E-state index is 11.3. The van der Waals surface area contributed by atoms with Gasteiger partial charge in [0, 0.05) is 13.0 Å². The third-order valence-corrected chi connectivity index (χ3v) is 2.00. The van der Waals surface area contributed by atoms with Crippen LogP contribution >= 0.6 is 0 Å². The summed E-state index contributed by atoms with van der Waals surface area (Å²) in [6.45, 7) is 5.42. The van der Waals surface area contributed by atoms with Crippen LogP contribution in [0.15, 0.2) is 16.6 Å². The van der Waals surface area contributed by atoms with Gasteiger partial charge in [-0.3, -0.25) is 0 Å². The summed E-state index contributed by atoms with van der Waals surface area (Å²) in [6.07, 6.45) is -0.268. The third-order valence-electron chi connectivity index (χ3n) is 2.00. The van der Waals surface area contributed by atoms with Crippen molar-refractivity contribution < 1.29 is 24.2 Å². The normalized spacial score (nSPS) is 12.2. The molecular weight excluding hydrogens is 268 g/mol. The molecule has 0 unspecified atom stereocenters. The van der Waals surface area contributed by atoms with Gasteiger partial charge >= 0.3 is 12.1 Å². The van der Waals surface area contributed by atoms with Crippen molar-refractivity contribution in [1.82, 2.24) is 5.32 Å². The molecule has 0 radical (unpaired) electrons. The number of carbonyl (C=O) groups is 2. The van der Waals surface area contributed by atoms with Gasteiger partial charge in [0.05, 0.1) is 7.11 Å². The number of carbonyl (C=O) groups excluding carboxylic acids is 2. The molecule has 0 heterocycles. The molecule has 0 aromatic carbocycles. The van der Waals surface area contributed by atoms with Crippen molar-refractivity contribution in [3.05, 3.63) is 16.4 Å². The van der Waals surface area contributed by atoms with E-state index in [4.69, 9.17) is 4.74 Å². The number of aliphatic hydroxyl groups is 1.